The van der Waals surface area contributed by atoms with Crippen molar-refractivity contribution in [3.05, 3.63) is 47.8 Å². The Labute approximate surface area is 127 Å². The predicted molar refractivity (Wildman–Crippen MR) is 82.2 cm³/mol. The van der Waals surface area contributed by atoms with E-state index in [0.29, 0.717) is 11.2 Å². The number of benzene rings is 1. The van der Waals surface area contributed by atoms with Crippen LogP contribution in [0.15, 0.2) is 42.2 Å². The van der Waals surface area contributed by atoms with Crippen LogP contribution in [0.25, 0.3) is 10.9 Å². The highest BCUT2D eigenvalue weighted by Crippen LogP contribution is 2.24. The molecule has 0 radical (unpaired) electrons. The summed E-state index contributed by atoms with van der Waals surface area (Å²) in [5, 5.41) is 3.83. The number of nitrogens with zero attached hydrogens (tertiary/aromatic N) is 1. The summed E-state index contributed by atoms with van der Waals surface area (Å²) < 4.78 is 9.22. The van der Waals surface area contributed by atoms with Crippen molar-refractivity contribution >= 4 is 28.5 Å². The standard InChI is InChI=1S/C16H16N2O4/c1-10-7-11-5-4-6-17-15(11)12(8-10)18-13(16(20)22-3)9-14(19)21-2/h4-9,18H,1-3H3/b13-9-. The van der Waals surface area contributed by atoms with Crippen molar-refractivity contribution < 1.29 is 19.1 Å². The molecule has 1 aromatic carbocycles. The number of nitrogens with one attached hydrogen (secondary N) is 1. The van der Waals surface area contributed by atoms with Gasteiger partial charge in [-0.1, -0.05) is 6.07 Å². The lowest BCUT2D eigenvalue weighted by Crippen LogP contribution is -2.15. The molecule has 0 fully saturated rings. The summed E-state index contributed by atoms with van der Waals surface area (Å²) in [6.45, 7) is 1.93. The number of fused-ring (bicyclic) bond motifs is 1. The van der Waals surface area contributed by atoms with Crippen molar-refractivity contribution in [2.24, 2.45) is 0 Å². The minimum atomic E-state index is -0.670. The van der Waals surface area contributed by atoms with E-state index >= 15 is 0 Å². The molecule has 2 rings (SSSR count). The highest BCUT2D eigenvalue weighted by Gasteiger charge is 2.14. The molecule has 1 aromatic heterocycles. The van der Waals surface area contributed by atoms with E-state index in [1.54, 1.807) is 6.20 Å². The maximum absolute atomic E-state index is 11.8. The van der Waals surface area contributed by atoms with Crippen LogP contribution in [0.2, 0.25) is 0 Å². The van der Waals surface area contributed by atoms with Crippen molar-refractivity contribution in [3.8, 4) is 0 Å². The summed E-state index contributed by atoms with van der Waals surface area (Å²) in [5.74, 6) is -1.33. The highest BCUT2D eigenvalue weighted by atomic mass is 16.5. The van der Waals surface area contributed by atoms with Gasteiger partial charge in [0.25, 0.3) is 0 Å². The lowest BCUT2D eigenvalue weighted by atomic mass is 10.1. The third-order valence-electron chi connectivity index (χ3n) is 2.99. The SMILES string of the molecule is COC(=O)/C=C(\Nc1cc(C)cc2cccnc12)C(=O)OC. The lowest BCUT2D eigenvalue weighted by Gasteiger charge is -2.12. The number of carbonyl (C=O) groups excluding carboxylic acids is 2. The average Bonchev–Trinajstić information content (AvgIpc) is 2.53. The normalized spacial score (nSPS) is 11.1. The van der Waals surface area contributed by atoms with E-state index in [9.17, 15) is 9.59 Å². The molecule has 0 aliphatic carbocycles. The molecule has 0 spiro atoms. The van der Waals surface area contributed by atoms with Gasteiger partial charge in [-0.25, -0.2) is 9.59 Å². The smallest absolute Gasteiger partial charge is 0.354 e. The molecule has 0 unspecified atom stereocenters. The molecule has 0 aliphatic rings. The second kappa shape index (κ2) is 6.71. The fraction of sp³-hybridized carbons (Fsp3) is 0.188. The maximum atomic E-state index is 11.8. The van der Waals surface area contributed by atoms with Crippen LogP contribution in [0.1, 0.15) is 5.56 Å². The second-order valence-electron chi connectivity index (χ2n) is 4.59. The number of ether oxygens (including phenoxy) is 2. The van der Waals surface area contributed by atoms with Crippen LogP contribution in [0.4, 0.5) is 5.69 Å². The molecule has 114 valence electrons. The fourth-order valence-electron chi connectivity index (χ4n) is 2.02. The summed E-state index contributed by atoms with van der Waals surface area (Å²) in [6, 6.07) is 7.57. The second-order valence-corrected chi connectivity index (χ2v) is 4.59. The van der Waals surface area contributed by atoms with Crippen LogP contribution >= 0.6 is 0 Å². The number of rotatable bonds is 4. The number of pyridine rings is 1. The van der Waals surface area contributed by atoms with Gasteiger partial charge in [0.1, 0.15) is 5.70 Å². The summed E-state index contributed by atoms with van der Waals surface area (Å²) in [7, 11) is 2.47. The fourth-order valence-corrected chi connectivity index (χ4v) is 2.02. The van der Waals surface area contributed by atoms with Crippen LogP contribution in [0.5, 0.6) is 0 Å². The largest absolute Gasteiger partial charge is 0.466 e. The van der Waals surface area contributed by atoms with E-state index < -0.39 is 11.9 Å². The first kappa shape index (κ1) is 15.5. The summed E-state index contributed by atoms with van der Waals surface area (Å²) in [5.41, 5.74) is 2.26. The van der Waals surface area contributed by atoms with Gasteiger partial charge in [-0.15, -0.1) is 0 Å². The van der Waals surface area contributed by atoms with E-state index in [0.717, 1.165) is 17.0 Å². The molecule has 22 heavy (non-hydrogen) atoms. The van der Waals surface area contributed by atoms with E-state index in [2.05, 4.69) is 19.8 Å². The maximum Gasteiger partial charge on any atom is 0.354 e. The number of esters is 2. The Balaban J connectivity index is 2.48. The van der Waals surface area contributed by atoms with E-state index in [-0.39, 0.29) is 5.70 Å². The van der Waals surface area contributed by atoms with Gasteiger partial charge in [0, 0.05) is 11.6 Å². The Hall–Kier alpha value is -2.89. The molecule has 0 saturated heterocycles. The lowest BCUT2D eigenvalue weighted by molar-refractivity contribution is -0.138. The quantitative estimate of drug-likeness (QED) is 0.689. The monoisotopic (exact) mass is 300 g/mol. The van der Waals surface area contributed by atoms with Gasteiger partial charge in [-0.2, -0.15) is 0 Å². The third-order valence-corrected chi connectivity index (χ3v) is 2.99. The molecule has 0 amide bonds. The summed E-state index contributed by atoms with van der Waals surface area (Å²) >= 11 is 0. The first-order valence-corrected chi connectivity index (χ1v) is 6.55. The predicted octanol–water partition coefficient (Wildman–Crippen LogP) is 2.19. The van der Waals surface area contributed by atoms with Gasteiger partial charge < -0.3 is 14.8 Å². The number of aryl methyl sites for hydroxylation is 1. The van der Waals surface area contributed by atoms with Gasteiger partial charge in [0.2, 0.25) is 0 Å². The van der Waals surface area contributed by atoms with Gasteiger partial charge in [-0.05, 0) is 30.7 Å². The van der Waals surface area contributed by atoms with Crippen molar-refractivity contribution in [1.82, 2.24) is 4.98 Å². The van der Waals surface area contributed by atoms with Crippen LogP contribution in [0, 0.1) is 6.92 Å². The molecular formula is C16H16N2O4. The molecular weight excluding hydrogens is 284 g/mol. The Morgan fingerprint density at radius 2 is 2.00 bits per heavy atom. The van der Waals surface area contributed by atoms with Gasteiger partial charge >= 0.3 is 11.9 Å². The Kier molecular flexibility index (Phi) is 4.73. The molecule has 6 nitrogen and oxygen atoms in total. The van der Waals surface area contributed by atoms with Gasteiger partial charge in [-0.3, -0.25) is 4.98 Å². The topological polar surface area (TPSA) is 77.5 Å². The first-order chi connectivity index (χ1) is 10.5. The summed E-state index contributed by atoms with van der Waals surface area (Å²) in [6.07, 6.45) is 2.70. The molecule has 2 aromatic rings. The third kappa shape index (κ3) is 3.41. The molecule has 1 N–H and O–H groups in total. The first-order valence-electron chi connectivity index (χ1n) is 6.55. The molecule has 0 atom stereocenters. The van der Waals surface area contributed by atoms with Crippen molar-refractivity contribution in [3.63, 3.8) is 0 Å². The van der Waals surface area contributed by atoms with Crippen molar-refractivity contribution in [2.45, 2.75) is 6.92 Å². The number of aromatic nitrogens is 1. The van der Waals surface area contributed by atoms with E-state index in [1.165, 1.54) is 14.2 Å². The van der Waals surface area contributed by atoms with Crippen LogP contribution < -0.4 is 5.32 Å². The Bertz CT molecular complexity index is 753. The Morgan fingerprint density at radius 3 is 2.68 bits per heavy atom. The molecule has 0 aliphatic heterocycles. The van der Waals surface area contributed by atoms with Crippen LogP contribution in [0.3, 0.4) is 0 Å². The number of hydrogen-bond donors (Lipinski definition) is 1. The average molecular weight is 300 g/mol. The molecule has 1 heterocycles. The van der Waals surface area contributed by atoms with Gasteiger partial charge in [0.05, 0.1) is 31.5 Å². The van der Waals surface area contributed by atoms with Crippen LogP contribution in [-0.2, 0) is 19.1 Å². The van der Waals surface area contributed by atoms with Crippen molar-refractivity contribution in [2.75, 3.05) is 19.5 Å². The highest BCUT2D eigenvalue weighted by molar-refractivity contribution is 6.01. The molecule has 6 heteroatoms. The number of hydrogen-bond acceptors (Lipinski definition) is 6. The minimum absolute atomic E-state index is 0.0214. The Morgan fingerprint density at radius 1 is 1.23 bits per heavy atom. The van der Waals surface area contributed by atoms with Gasteiger partial charge in [0.15, 0.2) is 0 Å². The minimum Gasteiger partial charge on any atom is -0.466 e. The van der Waals surface area contributed by atoms with E-state index in [1.807, 2.05) is 31.2 Å². The van der Waals surface area contributed by atoms with Crippen molar-refractivity contribution in [1.29, 1.82) is 0 Å². The number of carbonyl (C=O) groups is 2. The molecule has 0 saturated carbocycles. The zero-order chi connectivity index (χ0) is 16.1. The van der Waals surface area contributed by atoms with Crippen LogP contribution in [-0.4, -0.2) is 31.1 Å². The summed E-state index contributed by atoms with van der Waals surface area (Å²) in [4.78, 5) is 27.5. The zero-order valence-electron chi connectivity index (χ0n) is 12.5. The van der Waals surface area contributed by atoms with E-state index in [4.69, 9.17) is 0 Å². The molecule has 0 bridgehead atoms. The number of methoxy groups -OCH3 is 2. The zero-order valence-corrected chi connectivity index (χ0v) is 12.5. The number of anilines is 1.